The van der Waals surface area contributed by atoms with Crippen molar-refractivity contribution < 1.29 is 9.53 Å². The average molecular weight is 357 g/mol. The van der Waals surface area contributed by atoms with Gasteiger partial charge in [0.2, 0.25) is 5.91 Å². The Bertz CT molecular complexity index is 1140. The molecule has 0 atom stereocenters. The van der Waals surface area contributed by atoms with Crippen molar-refractivity contribution in [3.8, 4) is 5.75 Å². The van der Waals surface area contributed by atoms with Crippen molar-refractivity contribution in [3.05, 3.63) is 77.4 Å². The van der Waals surface area contributed by atoms with Gasteiger partial charge >= 0.3 is 0 Å². The quantitative estimate of drug-likeness (QED) is 0.574. The van der Waals surface area contributed by atoms with E-state index in [2.05, 4.69) is 28.8 Å². The van der Waals surface area contributed by atoms with Crippen molar-refractivity contribution in [3.63, 3.8) is 0 Å². The van der Waals surface area contributed by atoms with E-state index >= 15 is 0 Å². The molecule has 0 saturated carbocycles. The molecule has 0 aliphatic heterocycles. The van der Waals surface area contributed by atoms with Crippen LogP contribution in [0.4, 0.5) is 0 Å². The third-order valence-electron chi connectivity index (χ3n) is 4.78. The third-order valence-corrected chi connectivity index (χ3v) is 4.78. The zero-order valence-corrected chi connectivity index (χ0v) is 15.5. The van der Waals surface area contributed by atoms with E-state index in [9.17, 15) is 4.79 Å². The first-order valence-electron chi connectivity index (χ1n) is 9.03. The lowest BCUT2D eigenvalue weighted by Crippen LogP contribution is -2.11. The Morgan fingerprint density at radius 3 is 2.63 bits per heavy atom. The maximum atomic E-state index is 12.0. The molecule has 1 heterocycles. The number of benzene rings is 3. The molecule has 0 bridgehead atoms. The Labute approximate surface area is 158 Å². The molecule has 4 aromatic rings. The van der Waals surface area contributed by atoms with E-state index in [0.717, 1.165) is 38.7 Å². The number of nitrogens with zero attached hydrogens (tertiary/aromatic N) is 1. The van der Waals surface area contributed by atoms with Gasteiger partial charge in [-0.25, -0.2) is 0 Å². The molecular weight excluding hydrogens is 336 g/mol. The predicted octanol–water partition coefficient (Wildman–Crippen LogP) is 4.45. The van der Waals surface area contributed by atoms with Crippen LogP contribution in [0, 0.1) is 13.0 Å². The minimum absolute atomic E-state index is 0.422. The lowest BCUT2D eigenvalue weighted by atomic mass is 10.1. The summed E-state index contributed by atoms with van der Waals surface area (Å²) in [5.41, 5.74) is 10.5. The molecule has 0 spiro atoms. The fraction of sp³-hybridized carbons (Fsp3) is 0.174. The van der Waals surface area contributed by atoms with Gasteiger partial charge in [-0.3, -0.25) is 4.79 Å². The molecule has 1 amide bonds. The Kier molecular flexibility index (Phi) is 4.32. The predicted molar refractivity (Wildman–Crippen MR) is 108 cm³/mol. The zero-order chi connectivity index (χ0) is 19.0. The highest BCUT2D eigenvalue weighted by Gasteiger charge is 2.16. The Hall–Kier alpha value is -3.27. The van der Waals surface area contributed by atoms with Gasteiger partial charge < -0.3 is 15.0 Å². The highest BCUT2D eigenvalue weighted by Crippen LogP contribution is 2.32. The van der Waals surface area contributed by atoms with Gasteiger partial charge in [-0.1, -0.05) is 24.3 Å². The summed E-state index contributed by atoms with van der Waals surface area (Å²) in [5, 5.41) is 1.79. The van der Waals surface area contributed by atoms with E-state index in [-0.39, 0.29) is 0 Å². The van der Waals surface area contributed by atoms with E-state index in [4.69, 9.17) is 10.5 Å². The largest absolute Gasteiger partial charge is 0.494 e. The van der Waals surface area contributed by atoms with E-state index in [1.807, 2.05) is 44.2 Å². The summed E-state index contributed by atoms with van der Waals surface area (Å²) < 4.78 is 7.75. The summed E-state index contributed by atoms with van der Waals surface area (Å²) in [6, 6.07) is 21.2. The van der Waals surface area contributed by atoms with Gasteiger partial charge in [0.15, 0.2) is 0 Å². The van der Waals surface area contributed by atoms with Crippen LogP contribution in [0.15, 0.2) is 54.6 Å². The van der Waals surface area contributed by atoms with E-state index in [0.29, 0.717) is 18.7 Å². The molecule has 1 aromatic heterocycles. The first kappa shape index (κ1) is 17.2. The van der Waals surface area contributed by atoms with Crippen molar-refractivity contribution in [2.75, 3.05) is 6.61 Å². The smallest absolute Gasteiger partial charge is 0.249 e. The van der Waals surface area contributed by atoms with Crippen molar-refractivity contribution >= 4 is 27.7 Å². The number of fused-ring (bicyclic) bond motifs is 3. The Morgan fingerprint density at radius 2 is 1.93 bits per heavy atom. The molecule has 0 fully saturated rings. The standard InChI is InChI=1S/C23H21N2O2/c1-3-27-17-10-8-16(9-11-17)14-25-20-6-4-5-19(23(24)26)22(20)18-12-7-15(2)13-21(18)25/h4-11,13H,3,14H2,1-2H3,(H2,24,26). The van der Waals surface area contributed by atoms with Gasteiger partial charge in [-0.2, -0.15) is 0 Å². The van der Waals surface area contributed by atoms with Crippen LogP contribution in [0.25, 0.3) is 21.8 Å². The zero-order valence-electron chi connectivity index (χ0n) is 15.5. The highest BCUT2D eigenvalue weighted by atomic mass is 16.5. The molecule has 135 valence electrons. The SMILES string of the molecule is CCOc1ccc(Cn2c3cc(C)c[c]c3c3c(C(N)=O)cccc32)cc1. The van der Waals surface area contributed by atoms with Crippen molar-refractivity contribution in [2.45, 2.75) is 20.4 Å². The summed E-state index contributed by atoms with van der Waals surface area (Å²) in [6.07, 6.45) is 0. The lowest BCUT2D eigenvalue weighted by Gasteiger charge is -2.10. The van der Waals surface area contributed by atoms with Gasteiger partial charge in [-0.15, -0.1) is 0 Å². The summed E-state index contributed by atoms with van der Waals surface area (Å²) in [5.74, 6) is 0.443. The maximum Gasteiger partial charge on any atom is 0.249 e. The number of primary amides is 1. The number of aryl methyl sites for hydroxylation is 1. The highest BCUT2D eigenvalue weighted by molar-refractivity contribution is 6.17. The molecule has 4 rings (SSSR count). The fourth-order valence-corrected chi connectivity index (χ4v) is 3.58. The number of hydrogen-bond donors (Lipinski definition) is 1. The molecule has 0 unspecified atom stereocenters. The molecule has 27 heavy (non-hydrogen) atoms. The van der Waals surface area contributed by atoms with Crippen molar-refractivity contribution in [1.82, 2.24) is 4.57 Å². The van der Waals surface area contributed by atoms with Crippen LogP contribution >= 0.6 is 0 Å². The molecule has 0 saturated heterocycles. The average Bonchev–Trinajstić information content (AvgIpc) is 2.96. The van der Waals surface area contributed by atoms with Gasteiger partial charge in [0.1, 0.15) is 5.75 Å². The molecule has 2 N–H and O–H groups in total. The molecule has 0 aliphatic carbocycles. The summed E-state index contributed by atoms with van der Waals surface area (Å²) in [4.78, 5) is 12.0. The molecule has 4 heteroatoms. The monoisotopic (exact) mass is 357 g/mol. The number of carbonyl (C=O) groups is 1. The Balaban J connectivity index is 1.91. The molecular formula is C23H21N2O2. The van der Waals surface area contributed by atoms with Gasteiger partial charge in [0.25, 0.3) is 0 Å². The molecule has 4 nitrogen and oxygen atoms in total. The number of amides is 1. The number of nitrogens with two attached hydrogens (primary N) is 1. The minimum atomic E-state index is -0.422. The summed E-state index contributed by atoms with van der Waals surface area (Å²) in [6.45, 7) is 5.36. The van der Waals surface area contributed by atoms with Crippen molar-refractivity contribution in [1.29, 1.82) is 0 Å². The number of aromatic nitrogens is 1. The normalized spacial score (nSPS) is 11.2. The number of hydrogen-bond acceptors (Lipinski definition) is 2. The minimum Gasteiger partial charge on any atom is -0.494 e. The van der Waals surface area contributed by atoms with Crippen LogP contribution in [-0.4, -0.2) is 17.1 Å². The van der Waals surface area contributed by atoms with Crippen LogP contribution in [0.1, 0.15) is 28.4 Å². The molecule has 3 aromatic carbocycles. The number of carbonyl (C=O) groups excluding carboxylic acids is 1. The first-order valence-corrected chi connectivity index (χ1v) is 9.03. The van der Waals surface area contributed by atoms with Crippen molar-refractivity contribution in [2.24, 2.45) is 5.73 Å². The van der Waals surface area contributed by atoms with Crippen LogP contribution in [0.3, 0.4) is 0 Å². The lowest BCUT2D eigenvalue weighted by molar-refractivity contribution is 0.100. The van der Waals surface area contributed by atoms with E-state index < -0.39 is 5.91 Å². The third kappa shape index (κ3) is 3.04. The second-order valence-corrected chi connectivity index (χ2v) is 6.66. The first-order chi connectivity index (χ1) is 13.1. The second-order valence-electron chi connectivity index (χ2n) is 6.66. The van der Waals surface area contributed by atoms with Crippen LogP contribution in [0.2, 0.25) is 0 Å². The summed E-state index contributed by atoms with van der Waals surface area (Å²) >= 11 is 0. The number of ether oxygens (including phenoxy) is 1. The fourth-order valence-electron chi connectivity index (χ4n) is 3.58. The van der Waals surface area contributed by atoms with Gasteiger partial charge in [-0.05, 0) is 61.4 Å². The molecule has 1 radical (unpaired) electrons. The van der Waals surface area contributed by atoms with Gasteiger partial charge in [0.05, 0.1) is 17.6 Å². The van der Waals surface area contributed by atoms with Crippen LogP contribution < -0.4 is 10.5 Å². The van der Waals surface area contributed by atoms with Crippen LogP contribution in [-0.2, 0) is 6.54 Å². The molecule has 0 aliphatic rings. The van der Waals surface area contributed by atoms with Gasteiger partial charge in [0, 0.05) is 22.9 Å². The van der Waals surface area contributed by atoms with E-state index in [1.54, 1.807) is 6.07 Å². The maximum absolute atomic E-state index is 12.0. The Morgan fingerprint density at radius 1 is 1.15 bits per heavy atom. The van der Waals surface area contributed by atoms with E-state index in [1.165, 1.54) is 0 Å². The number of rotatable bonds is 5. The summed E-state index contributed by atoms with van der Waals surface area (Å²) in [7, 11) is 0. The van der Waals surface area contributed by atoms with Crippen LogP contribution in [0.5, 0.6) is 5.75 Å². The second kappa shape index (κ2) is 6.80. The topological polar surface area (TPSA) is 57.2 Å².